The molecule has 1 saturated carbocycles. The number of hydrogen-bond acceptors (Lipinski definition) is 1. The maximum Gasteiger partial charge on any atom is 0.123 e. The lowest BCUT2D eigenvalue weighted by Crippen LogP contribution is -2.22. The summed E-state index contributed by atoms with van der Waals surface area (Å²) in [6, 6.07) is 6.75. The number of benzene rings is 1. The Balaban J connectivity index is 1.87. The van der Waals surface area contributed by atoms with Crippen molar-refractivity contribution in [2.75, 3.05) is 0 Å². The van der Waals surface area contributed by atoms with Gasteiger partial charge in [-0.2, -0.15) is 0 Å². The third kappa shape index (κ3) is 1.02. The Morgan fingerprint density at radius 3 is 2.77 bits per heavy atom. The van der Waals surface area contributed by atoms with E-state index in [1.54, 1.807) is 12.1 Å². The molecule has 0 N–H and O–H groups in total. The second kappa shape index (κ2) is 2.32. The Bertz CT molecular complexity index is 344. The van der Waals surface area contributed by atoms with Crippen LogP contribution in [0.3, 0.4) is 0 Å². The minimum Gasteiger partial charge on any atom is -0.361 e. The molecule has 0 aromatic heterocycles. The fraction of sp³-hybridized carbons (Fsp3) is 0.455. The normalized spacial score (nSPS) is 28.5. The highest BCUT2D eigenvalue weighted by atomic mass is 19.1. The average molecular weight is 178 g/mol. The van der Waals surface area contributed by atoms with Crippen LogP contribution in [-0.4, -0.2) is 5.60 Å². The van der Waals surface area contributed by atoms with Crippen molar-refractivity contribution in [3.05, 3.63) is 35.6 Å². The minimum absolute atomic E-state index is 0.119. The van der Waals surface area contributed by atoms with Gasteiger partial charge in [0.2, 0.25) is 0 Å². The topological polar surface area (TPSA) is 12.5 Å². The first kappa shape index (κ1) is 7.51. The molecule has 2 aliphatic rings. The molecular weight excluding hydrogens is 167 g/mol. The van der Waals surface area contributed by atoms with Crippen LogP contribution in [0.4, 0.5) is 4.39 Å². The van der Waals surface area contributed by atoms with Gasteiger partial charge in [0.15, 0.2) is 0 Å². The summed E-state index contributed by atoms with van der Waals surface area (Å²) >= 11 is 0. The molecule has 1 aliphatic carbocycles. The largest absolute Gasteiger partial charge is 0.361 e. The van der Waals surface area contributed by atoms with E-state index in [1.165, 1.54) is 12.5 Å². The number of halogens is 1. The molecule has 68 valence electrons. The first-order chi connectivity index (χ1) is 6.30. The lowest BCUT2D eigenvalue weighted by Gasteiger charge is -2.21. The van der Waals surface area contributed by atoms with E-state index in [0.29, 0.717) is 0 Å². The van der Waals surface area contributed by atoms with Gasteiger partial charge >= 0.3 is 0 Å². The molecule has 1 heterocycles. The van der Waals surface area contributed by atoms with Crippen molar-refractivity contribution in [2.24, 2.45) is 0 Å². The van der Waals surface area contributed by atoms with Crippen molar-refractivity contribution in [1.29, 1.82) is 0 Å². The van der Waals surface area contributed by atoms with Gasteiger partial charge in [0.05, 0.1) is 5.60 Å². The summed E-state index contributed by atoms with van der Waals surface area (Å²) in [4.78, 5) is 0. The zero-order valence-electron chi connectivity index (χ0n) is 7.29. The summed E-state index contributed by atoms with van der Waals surface area (Å²) in [6.45, 7) is 0. The van der Waals surface area contributed by atoms with E-state index in [9.17, 15) is 4.39 Å². The van der Waals surface area contributed by atoms with Gasteiger partial charge in [-0.25, -0.2) is 4.39 Å². The number of hydrogen-bond donors (Lipinski definition) is 0. The van der Waals surface area contributed by atoms with Crippen molar-refractivity contribution in [1.82, 2.24) is 0 Å². The highest BCUT2D eigenvalue weighted by Crippen LogP contribution is 2.61. The van der Waals surface area contributed by atoms with Gasteiger partial charge in [0.1, 0.15) is 11.9 Å². The predicted molar refractivity (Wildman–Crippen MR) is 46.8 cm³/mol. The molecule has 1 aromatic carbocycles. The molecule has 1 atom stereocenters. The summed E-state index contributed by atoms with van der Waals surface area (Å²) in [5.74, 6) is -0.164. The molecule has 0 amide bonds. The quantitative estimate of drug-likeness (QED) is 0.602. The summed E-state index contributed by atoms with van der Waals surface area (Å²) in [5.41, 5.74) is 1.12. The molecule has 1 aromatic rings. The van der Waals surface area contributed by atoms with Crippen LogP contribution in [0, 0.1) is 5.82 Å². The second-order valence-electron chi connectivity index (χ2n) is 3.97. The SMILES string of the molecule is Fc1cccc(C2OC23CCC3)c1. The third-order valence-electron chi connectivity index (χ3n) is 3.12. The van der Waals surface area contributed by atoms with Gasteiger partial charge in [0, 0.05) is 0 Å². The van der Waals surface area contributed by atoms with Crippen LogP contribution < -0.4 is 0 Å². The highest BCUT2D eigenvalue weighted by Gasteiger charge is 2.60. The summed E-state index contributed by atoms with van der Waals surface area (Å²) in [7, 11) is 0. The van der Waals surface area contributed by atoms with Crippen LogP contribution in [-0.2, 0) is 4.74 Å². The van der Waals surface area contributed by atoms with E-state index in [0.717, 1.165) is 18.4 Å². The van der Waals surface area contributed by atoms with E-state index in [4.69, 9.17) is 4.74 Å². The van der Waals surface area contributed by atoms with Crippen LogP contribution in [0.25, 0.3) is 0 Å². The van der Waals surface area contributed by atoms with E-state index >= 15 is 0 Å². The zero-order valence-corrected chi connectivity index (χ0v) is 7.29. The lowest BCUT2D eigenvalue weighted by molar-refractivity contribution is 0.198. The van der Waals surface area contributed by atoms with E-state index in [2.05, 4.69) is 0 Å². The van der Waals surface area contributed by atoms with Gasteiger partial charge in [-0.1, -0.05) is 12.1 Å². The minimum atomic E-state index is -0.164. The monoisotopic (exact) mass is 178 g/mol. The van der Waals surface area contributed by atoms with Crippen molar-refractivity contribution in [2.45, 2.75) is 31.0 Å². The van der Waals surface area contributed by atoms with E-state index in [-0.39, 0.29) is 17.5 Å². The zero-order chi connectivity index (χ0) is 8.89. The molecule has 13 heavy (non-hydrogen) atoms. The summed E-state index contributed by atoms with van der Waals surface area (Å²) in [5, 5.41) is 0. The number of ether oxygens (including phenoxy) is 1. The molecule has 1 unspecified atom stereocenters. The van der Waals surface area contributed by atoms with Crippen LogP contribution in [0.2, 0.25) is 0 Å². The molecule has 1 spiro atoms. The second-order valence-corrected chi connectivity index (χ2v) is 3.97. The Labute approximate surface area is 76.5 Å². The smallest absolute Gasteiger partial charge is 0.123 e. The third-order valence-corrected chi connectivity index (χ3v) is 3.12. The maximum atomic E-state index is 12.9. The fourth-order valence-electron chi connectivity index (χ4n) is 2.15. The number of rotatable bonds is 1. The molecule has 1 aliphatic heterocycles. The van der Waals surface area contributed by atoms with E-state index < -0.39 is 0 Å². The first-order valence-electron chi connectivity index (χ1n) is 4.73. The van der Waals surface area contributed by atoms with Gasteiger partial charge in [0.25, 0.3) is 0 Å². The van der Waals surface area contributed by atoms with Crippen LogP contribution in [0.5, 0.6) is 0 Å². The maximum absolute atomic E-state index is 12.9. The van der Waals surface area contributed by atoms with Crippen molar-refractivity contribution in [3.8, 4) is 0 Å². The molecule has 1 nitrogen and oxygen atoms in total. The van der Waals surface area contributed by atoms with Crippen molar-refractivity contribution < 1.29 is 9.13 Å². The average Bonchev–Trinajstić information content (AvgIpc) is 2.77. The van der Waals surface area contributed by atoms with Gasteiger partial charge in [-0.05, 0) is 37.0 Å². The Morgan fingerprint density at radius 2 is 2.23 bits per heavy atom. The van der Waals surface area contributed by atoms with E-state index in [1.807, 2.05) is 6.07 Å². The standard InChI is InChI=1S/C11H11FO/c12-9-4-1-3-8(7-9)10-11(13-10)5-2-6-11/h1,3-4,7,10H,2,5-6H2. The molecular formula is C11H11FO. The van der Waals surface area contributed by atoms with Gasteiger partial charge < -0.3 is 4.74 Å². The summed E-state index contributed by atoms with van der Waals surface area (Å²) in [6.07, 6.45) is 3.73. The Kier molecular flexibility index (Phi) is 1.34. The molecule has 0 radical (unpaired) electrons. The Morgan fingerprint density at radius 1 is 1.38 bits per heavy atom. The fourth-order valence-corrected chi connectivity index (χ4v) is 2.15. The van der Waals surface area contributed by atoms with Gasteiger partial charge in [-0.3, -0.25) is 0 Å². The van der Waals surface area contributed by atoms with Crippen LogP contribution in [0.1, 0.15) is 30.9 Å². The molecule has 0 bridgehead atoms. The highest BCUT2D eigenvalue weighted by molar-refractivity contribution is 5.28. The van der Waals surface area contributed by atoms with Crippen LogP contribution in [0.15, 0.2) is 24.3 Å². The predicted octanol–water partition coefficient (Wildman–Crippen LogP) is 2.82. The molecule has 2 fully saturated rings. The van der Waals surface area contributed by atoms with Gasteiger partial charge in [-0.15, -0.1) is 0 Å². The Hall–Kier alpha value is -0.890. The first-order valence-corrected chi connectivity index (χ1v) is 4.73. The molecule has 1 saturated heterocycles. The van der Waals surface area contributed by atoms with Crippen molar-refractivity contribution in [3.63, 3.8) is 0 Å². The lowest BCUT2D eigenvalue weighted by atomic mass is 9.80. The molecule has 2 heteroatoms. The number of epoxide rings is 1. The van der Waals surface area contributed by atoms with Crippen molar-refractivity contribution >= 4 is 0 Å². The van der Waals surface area contributed by atoms with Crippen LogP contribution >= 0.6 is 0 Å². The summed E-state index contributed by atoms with van der Waals surface area (Å²) < 4.78 is 18.5. The molecule has 3 rings (SSSR count).